The molecule has 0 spiro atoms. The van der Waals surface area contributed by atoms with Gasteiger partial charge in [-0.2, -0.15) is 0 Å². The Labute approximate surface area is 248 Å². The molecule has 0 N–H and O–H groups in total. The molecule has 0 fully saturated rings. The van der Waals surface area contributed by atoms with Gasteiger partial charge in [-0.05, 0) is 0 Å². The van der Waals surface area contributed by atoms with Crippen LogP contribution in [0.15, 0.2) is 182 Å². The molecule has 6 aromatic rings. The Balaban J connectivity index is 1.55. The van der Waals surface area contributed by atoms with E-state index in [9.17, 15) is 4.79 Å². The molecule has 0 aliphatic rings. The predicted molar refractivity (Wildman–Crippen MR) is 176 cm³/mol. The molecular weight excluding hydrogens is 531 g/mol. The average Bonchev–Trinajstić information content (AvgIpc) is 3.08. The second kappa shape index (κ2) is 12.4. The number of hydrogen-bond donors (Lipinski definition) is 0. The Morgan fingerprint density at radius 3 is 0.976 bits per heavy atom. The summed E-state index contributed by atoms with van der Waals surface area (Å²) in [5.41, 5.74) is 2.40. The summed E-state index contributed by atoms with van der Waals surface area (Å²) in [5, 5.41) is 3.08. The summed E-state index contributed by atoms with van der Waals surface area (Å²) >= 11 is 0. The zero-order valence-electron chi connectivity index (χ0n) is 23.3. The third-order valence-electron chi connectivity index (χ3n) is 8.02. The third kappa shape index (κ3) is 5.18. The van der Waals surface area contributed by atoms with Crippen molar-refractivity contribution in [2.24, 2.45) is 0 Å². The SMILES string of the molecule is O=C(CC(c1ccccc1)(c1ccccc1)c1ccccc1)O[PH](c1ccccc1)(c1ccccc1)c1ccccc1. The second-order valence-corrected chi connectivity index (χ2v) is 13.7. The molecule has 6 aromatic carbocycles. The van der Waals surface area contributed by atoms with E-state index in [1.165, 1.54) is 0 Å². The molecule has 206 valence electrons. The first kappa shape index (κ1) is 27.4. The Bertz CT molecular complexity index is 1380. The van der Waals surface area contributed by atoms with Crippen LogP contribution in [0.25, 0.3) is 0 Å². The van der Waals surface area contributed by atoms with Gasteiger partial charge in [-0.3, -0.25) is 0 Å². The Morgan fingerprint density at radius 2 is 0.690 bits per heavy atom. The molecule has 0 aliphatic carbocycles. The molecule has 0 aliphatic heterocycles. The molecule has 2 nitrogen and oxygen atoms in total. The molecule has 0 aromatic heterocycles. The van der Waals surface area contributed by atoms with Crippen LogP contribution in [0.2, 0.25) is 0 Å². The summed E-state index contributed by atoms with van der Waals surface area (Å²) in [4.78, 5) is 14.7. The fourth-order valence-electron chi connectivity index (χ4n) is 6.09. The van der Waals surface area contributed by atoms with E-state index >= 15 is 0 Å². The molecule has 0 unspecified atom stereocenters. The van der Waals surface area contributed by atoms with Crippen LogP contribution >= 0.6 is 7.49 Å². The maximum atomic E-state index is 14.7. The molecule has 0 saturated carbocycles. The number of carbonyl (C=O) groups is 1. The molecule has 6 rings (SSSR count). The van der Waals surface area contributed by atoms with Gasteiger partial charge in [-0.1, -0.05) is 0 Å². The van der Waals surface area contributed by atoms with E-state index in [1.807, 2.05) is 109 Å². The van der Waals surface area contributed by atoms with Gasteiger partial charge in [-0.25, -0.2) is 0 Å². The molecule has 0 saturated heterocycles. The predicted octanol–water partition coefficient (Wildman–Crippen LogP) is 7.60. The van der Waals surface area contributed by atoms with Crippen molar-refractivity contribution in [3.05, 3.63) is 199 Å². The monoisotopic (exact) mass is 564 g/mol. The maximum absolute atomic E-state index is 14.7. The first-order valence-electron chi connectivity index (χ1n) is 14.3. The summed E-state index contributed by atoms with van der Waals surface area (Å²) in [6.45, 7) is 0. The van der Waals surface area contributed by atoms with Gasteiger partial charge >= 0.3 is 249 Å². The van der Waals surface area contributed by atoms with Crippen molar-refractivity contribution in [2.45, 2.75) is 11.8 Å². The summed E-state index contributed by atoms with van der Waals surface area (Å²) in [7, 11) is -3.24. The Morgan fingerprint density at radius 1 is 0.429 bits per heavy atom. The fourth-order valence-corrected chi connectivity index (χ4v) is 9.85. The van der Waals surface area contributed by atoms with Crippen molar-refractivity contribution in [1.29, 1.82) is 0 Å². The van der Waals surface area contributed by atoms with Crippen molar-refractivity contribution < 1.29 is 9.32 Å². The van der Waals surface area contributed by atoms with Gasteiger partial charge in [0.15, 0.2) is 0 Å². The number of benzene rings is 6. The van der Waals surface area contributed by atoms with Gasteiger partial charge in [0.2, 0.25) is 0 Å². The van der Waals surface area contributed by atoms with Crippen LogP contribution in [0.3, 0.4) is 0 Å². The minimum atomic E-state index is -3.24. The average molecular weight is 565 g/mol. The van der Waals surface area contributed by atoms with E-state index in [1.54, 1.807) is 0 Å². The fraction of sp³-hybridized carbons (Fsp3) is 0.0513. The van der Waals surface area contributed by atoms with Crippen LogP contribution in [0.4, 0.5) is 0 Å². The normalized spacial score (nSPS) is 11.9. The first-order valence-corrected chi connectivity index (χ1v) is 16.2. The molecule has 3 heteroatoms. The van der Waals surface area contributed by atoms with Crippen molar-refractivity contribution in [1.82, 2.24) is 0 Å². The van der Waals surface area contributed by atoms with Crippen LogP contribution in [-0.2, 0) is 14.7 Å². The zero-order valence-corrected chi connectivity index (χ0v) is 24.3. The van der Waals surface area contributed by atoms with Crippen molar-refractivity contribution in [2.75, 3.05) is 0 Å². The summed E-state index contributed by atoms with van der Waals surface area (Å²) in [6.07, 6.45) is 0.145. The quantitative estimate of drug-likeness (QED) is 0.134. The standard InChI is InChI=1S/C39H33O2P/c40-38(31-39(32-19-7-1-8-20-32,33-21-9-2-10-22-33)34-23-11-3-12-24-34)41-42(35-25-13-4-14-26-35,36-27-15-5-16-28-36)37-29-17-6-18-30-37/h1-30,42H,31H2. The Kier molecular flexibility index (Phi) is 8.08. The van der Waals surface area contributed by atoms with Gasteiger partial charge in [0.25, 0.3) is 0 Å². The number of hydrogen-bond acceptors (Lipinski definition) is 2. The van der Waals surface area contributed by atoms with Crippen molar-refractivity contribution >= 4 is 29.4 Å². The van der Waals surface area contributed by atoms with Crippen LogP contribution in [-0.4, -0.2) is 5.97 Å². The van der Waals surface area contributed by atoms with E-state index in [4.69, 9.17) is 4.52 Å². The van der Waals surface area contributed by atoms with Gasteiger partial charge < -0.3 is 0 Å². The third-order valence-corrected chi connectivity index (χ3v) is 12.0. The van der Waals surface area contributed by atoms with Gasteiger partial charge in [0.05, 0.1) is 0 Å². The summed E-state index contributed by atoms with van der Waals surface area (Å²) < 4.78 is 7.02. The molecule has 0 radical (unpaired) electrons. The van der Waals surface area contributed by atoms with E-state index in [0.29, 0.717) is 0 Å². The molecule has 0 amide bonds. The summed E-state index contributed by atoms with van der Waals surface area (Å²) in [6, 6.07) is 61.7. The number of rotatable bonds is 9. The van der Waals surface area contributed by atoms with Gasteiger partial charge in [-0.15, -0.1) is 0 Å². The molecule has 42 heavy (non-hydrogen) atoms. The first-order chi connectivity index (χ1) is 20.7. The zero-order chi connectivity index (χ0) is 28.7. The van der Waals surface area contributed by atoms with Gasteiger partial charge in [0, 0.05) is 0 Å². The molecular formula is C39H33O2P. The van der Waals surface area contributed by atoms with Crippen LogP contribution in [0.5, 0.6) is 0 Å². The van der Waals surface area contributed by atoms with Gasteiger partial charge in [0.1, 0.15) is 0 Å². The van der Waals surface area contributed by atoms with E-state index in [2.05, 4.69) is 72.8 Å². The van der Waals surface area contributed by atoms with Crippen LogP contribution < -0.4 is 15.9 Å². The minimum absolute atomic E-state index is 0.145. The molecule has 0 heterocycles. The van der Waals surface area contributed by atoms with Crippen molar-refractivity contribution in [3.8, 4) is 0 Å². The molecule has 0 bridgehead atoms. The van der Waals surface area contributed by atoms with Crippen LogP contribution in [0, 0.1) is 0 Å². The van der Waals surface area contributed by atoms with E-state index in [0.717, 1.165) is 32.6 Å². The van der Waals surface area contributed by atoms with Crippen molar-refractivity contribution in [3.63, 3.8) is 0 Å². The molecule has 0 atom stereocenters. The number of carbonyl (C=O) groups excluding carboxylic acids is 1. The van der Waals surface area contributed by atoms with E-state index in [-0.39, 0.29) is 12.4 Å². The Hall–Kier alpha value is -4.78. The summed E-state index contributed by atoms with van der Waals surface area (Å²) in [5.74, 6) is -0.241. The topological polar surface area (TPSA) is 26.3 Å². The van der Waals surface area contributed by atoms with Crippen LogP contribution in [0.1, 0.15) is 23.1 Å². The second-order valence-electron chi connectivity index (χ2n) is 10.4. The van der Waals surface area contributed by atoms with E-state index < -0.39 is 12.9 Å².